The molecule has 12 unspecified atom stereocenters. The van der Waals surface area contributed by atoms with Gasteiger partial charge in [0.15, 0.2) is 6.29 Å². The number of aliphatic hydroxyl groups excluding tert-OH is 2. The quantitative estimate of drug-likeness (QED) is 0.300. The van der Waals surface area contributed by atoms with Crippen LogP contribution in [0.1, 0.15) is 79.2 Å². The highest BCUT2D eigenvalue weighted by Crippen LogP contribution is 2.72. The van der Waals surface area contributed by atoms with Crippen molar-refractivity contribution in [3.63, 3.8) is 0 Å². The summed E-state index contributed by atoms with van der Waals surface area (Å²) in [4.78, 5) is 25.6. The molecule has 0 radical (unpaired) electrons. The number of hydrogen-bond acceptors (Lipinski definition) is 9. The summed E-state index contributed by atoms with van der Waals surface area (Å²) >= 11 is 0. The minimum atomic E-state index is -1.08. The zero-order chi connectivity index (χ0) is 30.4. The lowest BCUT2D eigenvalue weighted by atomic mass is 9.39. The SMILES string of the molecule is CC=C(C)C(=O)OC1CC(OC(C)=O)C2(C)COC3C(O)C4(C)C5=C(C)C(c6ccoc6)CC5OC(O)CC4C1(C)C32. The van der Waals surface area contributed by atoms with E-state index in [9.17, 15) is 19.8 Å². The van der Waals surface area contributed by atoms with Crippen LogP contribution in [0.5, 0.6) is 0 Å². The summed E-state index contributed by atoms with van der Waals surface area (Å²) in [7, 11) is 0. The standard InChI is InChI=1S/C33H44O9/c1-8-16(2)30(37)42-24-13-23(40-18(4)34)31(5)15-39-27-28(31)32(24,6)22-12-25(35)41-21-11-20(19-9-10-38-14-19)17(3)26(21)33(22,7)29(27)36/h8-10,14,20-25,27-29,35-36H,11-13,15H2,1-7H3. The lowest BCUT2D eigenvalue weighted by molar-refractivity contribution is -0.258. The van der Waals surface area contributed by atoms with Gasteiger partial charge in [0.1, 0.15) is 12.2 Å². The molecule has 0 bridgehead atoms. The van der Waals surface area contributed by atoms with E-state index in [-0.39, 0.29) is 24.2 Å². The Balaban J connectivity index is 1.54. The van der Waals surface area contributed by atoms with Gasteiger partial charge in [0.2, 0.25) is 0 Å². The second-order valence-corrected chi connectivity index (χ2v) is 13.9. The van der Waals surface area contributed by atoms with Crippen LogP contribution in [0, 0.1) is 28.1 Å². The zero-order valence-electron chi connectivity index (χ0n) is 25.6. The summed E-state index contributed by atoms with van der Waals surface area (Å²) in [6, 6.07) is 1.95. The number of esters is 2. The third-order valence-electron chi connectivity index (χ3n) is 11.9. The molecule has 2 aliphatic heterocycles. The van der Waals surface area contributed by atoms with E-state index < -0.39 is 65.0 Å². The van der Waals surface area contributed by atoms with Gasteiger partial charge >= 0.3 is 11.9 Å². The maximum absolute atomic E-state index is 13.3. The predicted octanol–water partition coefficient (Wildman–Crippen LogP) is 4.43. The molecule has 6 rings (SSSR count). The van der Waals surface area contributed by atoms with E-state index in [1.165, 1.54) is 6.92 Å². The molecule has 42 heavy (non-hydrogen) atoms. The molecule has 0 spiro atoms. The second kappa shape index (κ2) is 10.0. The van der Waals surface area contributed by atoms with E-state index >= 15 is 0 Å². The van der Waals surface area contributed by atoms with E-state index in [1.807, 2.05) is 6.07 Å². The second-order valence-electron chi connectivity index (χ2n) is 13.9. The number of aliphatic hydroxyl groups is 2. The molecule has 2 saturated heterocycles. The topological polar surface area (TPSA) is 125 Å². The first-order valence-corrected chi connectivity index (χ1v) is 15.2. The Bertz CT molecular complexity index is 1310. The largest absolute Gasteiger partial charge is 0.472 e. The third kappa shape index (κ3) is 3.96. The van der Waals surface area contributed by atoms with Crippen molar-refractivity contribution < 1.29 is 43.2 Å². The van der Waals surface area contributed by atoms with Crippen molar-refractivity contribution in [1.82, 2.24) is 0 Å². The van der Waals surface area contributed by atoms with Gasteiger partial charge in [0, 0.05) is 53.4 Å². The Hall–Kier alpha value is -2.46. The maximum atomic E-state index is 13.3. The highest BCUT2D eigenvalue weighted by Gasteiger charge is 2.76. The first-order valence-electron chi connectivity index (χ1n) is 15.2. The Morgan fingerprint density at radius 1 is 1.07 bits per heavy atom. The molecular formula is C33H44O9. The van der Waals surface area contributed by atoms with Crippen LogP contribution in [0.15, 0.2) is 45.8 Å². The highest BCUT2D eigenvalue weighted by molar-refractivity contribution is 5.87. The van der Waals surface area contributed by atoms with Crippen LogP contribution >= 0.6 is 0 Å². The Morgan fingerprint density at radius 2 is 1.81 bits per heavy atom. The fraction of sp³-hybridized carbons (Fsp3) is 0.697. The molecule has 1 aromatic rings. The fourth-order valence-corrected chi connectivity index (χ4v) is 9.92. The van der Waals surface area contributed by atoms with Crippen molar-refractivity contribution in [2.75, 3.05) is 6.61 Å². The molecule has 3 aliphatic carbocycles. The van der Waals surface area contributed by atoms with Crippen LogP contribution in [0.4, 0.5) is 0 Å². The van der Waals surface area contributed by atoms with Gasteiger partial charge in [-0.05, 0) is 50.3 Å². The molecule has 5 aliphatic rings. The Labute approximate surface area is 247 Å². The van der Waals surface area contributed by atoms with Crippen LogP contribution in [-0.4, -0.2) is 65.6 Å². The van der Waals surface area contributed by atoms with Crippen molar-refractivity contribution in [1.29, 1.82) is 0 Å². The van der Waals surface area contributed by atoms with Crippen molar-refractivity contribution in [2.45, 2.75) is 110 Å². The van der Waals surface area contributed by atoms with Crippen LogP contribution in [0.3, 0.4) is 0 Å². The van der Waals surface area contributed by atoms with Crippen molar-refractivity contribution >= 4 is 11.9 Å². The number of furan rings is 1. The van der Waals surface area contributed by atoms with Gasteiger partial charge in [-0.3, -0.25) is 4.79 Å². The molecule has 1 aromatic heterocycles. The number of fused-ring (bicyclic) bond motifs is 4. The Kier molecular flexibility index (Phi) is 7.08. The van der Waals surface area contributed by atoms with Crippen LogP contribution in [0.2, 0.25) is 0 Å². The van der Waals surface area contributed by atoms with Crippen molar-refractivity contribution in [2.24, 2.45) is 28.1 Å². The monoisotopic (exact) mass is 584 g/mol. The number of rotatable bonds is 4. The molecule has 0 aromatic carbocycles. The number of carbonyl (C=O) groups is 2. The molecule has 12 atom stereocenters. The number of hydrogen-bond donors (Lipinski definition) is 2. The van der Waals surface area contributed by atoms with E-state index in [2.05, 4.69) is 27.7 Å². The summed E-state index contributed by atoms with van der Waals surface area (Å²) in [6.07, 6.45) is 2.02. The average molecular weight is 585 g/mol. The average Bonchev–Trinajstić information content (AvgIpc) is 3.64. The third-order valence-corrected chi connectivity index (χ3v) is 11.9. The highest BCUT2D eigenvalue weighted by atomic mass is 16.6. The lowest BCUT2D eigenvalue weighted by Gasteiger charge is -2.66. The molecule has 4 fully saturated rings. The summed E-state index contributed by atoms with van der Waals surface area (Å²) < 4.78 is 30.5. The van der Waals surface area contributed by atoms with E-state index in [0.717, 1.165) is 16.7 Å². The van der Waals surface area contributed by atoms with Gasteiger partial charge in [-0.1, -0.05) is 32.4 Å². The molecule has 2 saturated carbocycles. The van der Waals surface area contributed by atoms with Gasteiger partial charge in [0.05, 0.1) is 37.4 Å². The first-order chi connectivity index (χ1) is 19.8. The molecule has 3 heterocycles. The van der Waals surface area contributed by atoms with Gasteiger partial charge in [-0.15, -0.1) is 0 Å². The zero-order valence-corrected chi connectivity index (χ0v) is 25.6. The molecule has 2 N–H and O–H groups in total. The minimum Gasteiger partial charge on any atom is -0.472 e. The molecule has 0 amide bonds. The van der Waals surface area contributed by atoms with E-state index in [0.29, 0.717) is 25.0 Å². The molecule has 230 valence electrons. The predicted molar refractivity (Wildman–Crippen MR) is 151 cm³/mol. The number of ether oxygens (including phenoxy) is 4. The van der Waals surface area contributed by atoms with Gasteiger partial charge in [-0.2, -0.15) is 0 Å². The summed E-state index contributed by atoms with van der Waals surface area (Å²) in [5.74, 6) is -1.50. The molecule has 9 nitrogen and oxygen atoms in total. The molecular weight excluding hydrogens is 540 g/mol. The van der Waals surface area contributed by atoms with Crippen LogP contribution < -0.4 is 0 Å². The van der Waals surface area contributed by atoms with Gasteiger partial charge < -0.3 is 33.6 Å². The summed E-state index contributed by atoms with van der Waals surface area (Å²) in [5, 5.41) is 23.8. The Morgan fingerprint density at radius 3 is 2.45 bits per heavy atom. The normalized spacial score (nSPS) is 46.4. The fourth-order valence-electron chi connectivity index (χ4n) is 9.92. The van der Waals surface area contributed by atoms with Crippen molar-refractivity contribution in [3.05, 3.63) is 47.0 Å². The van der Waals surface area contributed by atoms with Crippen LogP contribution in [-0.2, 0) is 28.5 Å². The van der Waals surface area contributed by atoms with Crippen molar-refractivity contribution in [3.8, 4) is 0 Å². The van der Waals surface area contributed by atoms with Crippen LogP contribution in [0.25, 0.3) is 0 Å². The van der Waals surface area contributed by atoms with Gasteiger partial charge in [-0.25, -0.2) is 4.79 Å². The first kappa shape index (κ1) is 29.6. The van der Waals surface area contributed by atoms with E-state index in [1.54, 1.807) is 32.4 Å². The summed E-state index contributed by atoms with van der Waals surface area (Å²) in [5.41, 5.74) is 1.33. The minimum absolute atomic E-state index is 0.0182. The smallest absolute Gasteiger partial charge is 0.333 e. The number of allylic oxidation sites excluding steroid dienone is 2. The molecule has 9 heteroatoms. The van der Waals surface area contributed by atoms with Gasteiger partial charge in [0.25, 0.3) is 0 Å². The maximum Gasteiger partial charge on any atom is 0.333 e. The summed E-state index contributed by atoms with van der Waals surface area (Å²) in [6.45, 7) is 13.5. The lowest BCUT2D eigenvalue weighted by Crippen LogP contribution is -2.71. The number of carbonyl (C=O) groups excluding carboxylic acids is 2. The van der Waals surface area contributed by atoms with E-state index in [4.69, 9.17) is 23.4 Å².